The Hall–Kier alpha value is -1.84. The first-order valence-electron chi connectivity index (χ1n) is 10.5. The monoisotopic (exact) mass is 370 g/mol. The zero-order valence-corrected chi connectivity index (χ0v) is 17.3. The predicted octanol–water partition coefficient (Wildman–Crippen LogP) is 4.07. The van der Waals surface area contributed by atoms with Gasteiger partial charge in [-0.25, -0.2) is 0 Å². The van der Waals surface area contributed by atoms with Crippen LogP contribution in [0, 0.1) is 11.8 Å². The molecule has 0 radical (unpaired) electrons. The molecule has 4 heteroatoms. The normalized spacial score (nSPS) is 31.2. The number of nitrogens with zero attached hydrogens (tertiary/aromatic N) is 1. The second-order valence-corrected chi connectivity index (χ2v) is 8.77. The Bertz CT molecular complexity index is 684. The Balaban J connectivity index is 1.73. The van der Waals surface area contributed by atoms with Crippen molar-refractivity contribution >= 4 is 11.8 Å². The van der Waals surface area contributed by atoms with Crippen LogP contribution in [0.15, 0.2) is 24.3 Å². The van der Waals surface area contributed by atoms with Gasteiger partial charge in [-0.2, -0.15) is 0 Å². The molecule has 1 aromatic rings. The molecule has 148 valence electrons. The van der Waals surface area contributed by atoms with Gasteiger partial charge in [-0.15, -0.1) is 0 Å². The fraction of sp³-hybridized carbons (Fsp3) is 0.652. The highest BCUT2D eigenvalue weighted by atomic mass is 16.2. The number of nitrogens with one attached hydrogen (secondary N) is 1. The van der Waals surface area contributed by atoms with Gasteiger partial charge in [0.1, 0.15) is 5.54 Å². The van der Waals surface area contributed by atoms with E-state index in [0.29, 0.717) is 31.2 Å². The van der Waals surface area contributed by atoms with E-state index < -0.39 is 5.54 Å². The van der Waals surface area contributed by atoms with E-state index in [1.165, 1.54) is 18.4 Å². The highest BCUT2D eigenvalue weighted by Gasteiger charge is 2.48. The lowest BCUT2D eigenvalue weighted by Crippen LogP contribution is -2.57. The molecule has 27 heavy (non-hydrogen) atoms. The maximum absolute atomic E-state index is 13.2. The Morgan fingerprint density at radius 3 is 2.52 bits per heavy atom. The lowest BCUT2D eigenvalue weighted by molar-refractivity contribution is -0.142. The van der Waals surface area contributed by atoms with Crippen molar-refractivity contribution < 1.29 is 9.59 Å². The third-order valence-corrected chi connectivity index (χ3v) is 7.01. The number of carbonyl (C=O) groups is 2. The van der Waals surface area contributed by atoms with Gasteiger partial charge in [-0.1, -0.05) is 57.9 Å². The molecule has 0 bridgehead atoms. The molecule has 0 aromatic heterocycles. The number of amides is 2. The highest BCUT2D eigenvalue weighted by Crippen LogP contribution is 2.34. The van der Waals surface area contributed by atoms with Gasteiger partial charge in [0.2, 0.25) is 11.8 Å². The maximum Gasteiger partial charge on any atom is 0.245 e. The predicted molar refractivity (Wildman–Crippen MR) is 108 cm³/mol. The minimum atomic E-state index is -0.749. The fourth-order valence-corrected chi connectivity index (χ4v) is 4.57. The van der Waals surface area contributed by atoms with Crippen LogP contribution in [-0.4, -0.2) is 28.3 Å². The van der Waals surface area contributed by atoms with E-state index in [1.54, 1.807) is 4.90 Å². The molecule has 0 unspecified atom stereocenters. The van der Waals surface area contributed by atoms with Gasteiger partial charge in [-0.3, -0.25) is 9.59 Å². The van der Waals surface area contributed by atoms with Crippen molar-refractivity contribution in [2.75, 3.05) is 0 Å². The Labute approximate surface area is 163 Å². The second-order valence-electron chi connectivity index (χ2n) is 8.77. The molecule has 1 saturated heterocycles. The summed E-state index contributed by atoms with van der Waals surface area (Å²) < 4.78 is 0. The molecule has 2 amide bonds. The van der Waals surface area contributed by atoms with Gasteiger partial charge in [-0.05, 0) is 49.1 Å². The van der Waals surface area contributed by atoms with Gasteiger partial charge in [0.15, 0.2) is 0 Å². The minimum Gasteiger partial charge on any atom is -0.351 e. The Kier molecular flexibility index (Phi) is 5.92. The van der Waals surface area contributed by atoms with E-state index in [4.69, 9.17) is 0 Å². The summed E-state index contributed by atoms with van der Waals surface area (Å²) in [5.74, 6) is 1.22. The zero-order chi connectivity index (χ0) is 19.6. The van der Waals surface area contributed by atoms with Crippen LogP contribution in [0.5, 0.6) is 0 Å². The molecule has 1 N–H and O–H groups in total. The van der Waals surface area contributed by atoms with E-state index >= 15 is 0 Å². The van der Waals surface area contributed by atoms with E-state index in [0.717, 1.165) is 18.4 Å². The molecule has 2 aliphatic rings. The van der Waals surface area contributed by atoms with Gasteiger partial charge in [0.05, 0.1) is 0 Å². The summed E-state index contributed by atoms with van der Waals surface area (Å²) in [7, 11) is 0. The van der Waals surface area contributed by atoms with Crippen LogP contribution in [0.25, 0.3) is 0 Å². The molecule has 0 spiro atoms. The van der Waals surface area contributed by atoms with Crippen molar-refractivity contribution in [1.82, 2.24) is 10.2 Å². The number of aryl methyl sites for hydroxylation is 1. The first-order valence-corrected chi connectivity index (χ1v) is 10.5. The summed E-state index contributed by atoms with van der Waals surface area (Å²) in [5.41, 5.74) is 1.62. The van der Waals surface area contributed by atoms with Crippen molar-refractivity contribution in [3.8, 4) is 0 Å². The van der Waals surface area contributed by atoms with Crippen LogP contribution in [-0.2, 0) is 22.6 Å². The van der Waals surface area contributed by atoms with Crippen molar-refractivity contribution in [2.24, 2.45) is 11.8 Å². The SMILES string of the molecule is CCc1ccc(CN2C(=O)CC[C@]2(C)C(=O)N[C@@H]2CCC[C@H](C)[C@@H]2C)cc1. The molecule has 1 heterocycles. The van der Waals surface area contributed by atoms with Gasteiger partial charge < -0.3 is 10.2 Å². The van der Waals surface area contributed by atoms with Crippen LogP contribution in [0.2, 0.25) is 0 Å². The van der Waals surface area contributed by atoms with Crippen molar-refractivity contribution in [1.29, 1.82) is 0 Å². The van der Waals surface area contributed by atoms with E-state index in [2.05, 4.69) is 50.4 Å². The number of benzene rings is 1. The van der Waals surface area contributed by atoms with Crippen molar-refractivity contribution in [3.63, 3.8) is 0 Å². The average Bonchev–Trinajstić information content (AvgIpc) is 2.95. The summed E-state index contributed by atoms with van der Waals surface area (Å²) >= 11 is 0. The van der Waals surface area contributed by atoms with E-state index in [-0.39, 0.29) is 17.9 Å². The standard InChI is InChI=1S/C23H34N2O2/c1-5-18-9-11-19(12-10-18)15-25-21(26)13-14-23(25,4)22(27)24-20-8-6-7-16(2)17(20)3/h9-12,16-17,20H,5-8,13-15H2,1-4H3,(H,24,27)/t16-,17-,20+,23+/m0/s1. The van der Waals surface area contributed by atoms with Crippen molar-refractivity contribution in [2.45, 2.75) is 84.3 Å². The molecule has 4 atom stereocenters. The summed E-state index contributed by atoms with van der Waals surface area (Å²) in [6, 6.07) is 8.59. The Morgan fingerprint density at radius 2 is 1.85 bits per heavy atom. The third-order valence-electron chi connectivity index (χ3n) is 7.01. The molecular formula is C23H34N2O2. The van der Waals surface area contributed by atoms with Crippen LogP contribution in [0.1, 0.15) is 70.9 Å². The molecule has 2 fully saturated rings. The largest absolute Gasteiger partial charge is 0.351 e. The van der Waals surface area contributed by atoms with Crippen LogP contribution in [0.4, 0.5) is 0 Å². The molecular weight excluding hydrogens is 336 g/mol. The lowest BCUT2D eigenvalue weighted by atomic mass is 9.77. The summed E-state index contributed by atoms with van der Waals surface area (Å²) in [5, 5.41) is 3.30. The molecule has 1 aliphatic heterocycles. The highest BCUT2D eigenvalue weighted by molar-refractivity contribution is 5.94. The summed E-state index contributed by atoms with van der Waals surface area (Å²) in [6.45, 7) is 9.08. The number of likely N-dealkylation sites (tertiary alicyclic amines) is 1. The average molecular weight is 371 g/mol. The molecule has 1 aromatic carbocycles. The third kappa shape index (κ3) is 4.04. The topological polar surface area (TPSA) is 49.4 Å². The number of carbonyl (C=O) groups excluding carboxylic acids is 2. The molecule has 3 rings (SSSR count). The van der Waals surface area contributed by atoms with Crippen LogP contribution in [0.3, 0.4) is 0 Å². The smallest absolute Gasteiger partial charge is 0.245 e. The number of hydrogen-bond acceptors (Lipinski definition) is 2. The molecule has 1 aliphatic carbocycles. The Morgan fingerprint density at radius 1 is 1.19 bits per heavy atom. The maximum atomic E-state index is 13.2. The fourth-order valence-electron chi connectivity index (χ4n) is 4.57. The van der Waals surface area contributed by atoms with E-state index in [9.17, 15) is 9.59 Å². The lowest BCUT2D eigenvalue weighted by Gasteiger charge is -2.39. The number of hydrogen-bond donors (Lipinski definition) is 1. The van der Waals surface area contributed by atoms with Crippen LogP contribution < -0.4 is 5.32 Å². The van der Waals surface area contributed by atoms with Gasteiger partial charge >= 0.3 is 0 Å². The second kappa shape index (κ2) is 8.04. The van der Waals surface area contributed by atoms with Gasteiger partial charge in [0.25, 0.3) is 0 Å². The zero-order valence-electron chi connectivity index (χ0n) is 17.3. The summed E-state index contributed by atoms with van der Waals surface area (Å²) in [4.78, 5) is 27.6. The van der Waals surface area contributed by atoms with Crippen molar-refractivity contribution in [3.05, 3.63) is 35.4 Å². The first-order chi connectivity index (χ1) is 12.8. The van der Waals surface area contributed by atoms with Crippen LogP contribution >= 0.6 is 0 Å². The van der Waals surface area contributed by atoms with E-state index in [1.807, 2.05) is 6.92 Å². The van der Waals surface area contributed by atoms with Gasteiger partial charge in [0, 0.05) is 19.0 Å². The first kappa shape index (κ1) is 19.9. The quantitative estimate of drug-likeness (QED) is 0.849. The summed E-state index contributed by atoms with van der Waals surface area (Å²) in [6.07, 6.45) is 5.50. The molecule has 1 saturated carbocycles. The number of rotatable bonds is 5. The minimum absolute atomic E-state index is 0.0180. The molecule has 4 nitrogen and oxygen atoms in total.